The molecule has 5 nitrogen and oxygen atoms in total. The van der Waals surface area contributed by atoms with E-state index in [1.807, 2.05) is 20.2 Å². The minimum absolute atomic E-state index is 0.0300. The van der Waals surface area contributed by atoms with Gasteiger partial charge in [0.15, 0.2) is 5.96 Å². The quantitative estimate of drug-likeness (QED) is 0.612. The third kappa shape index (κ3) is 4.50. The summed E-state index contributed by atoms with van der Waals surface area (Å²) in [5, 5.41) is 6.84. The molecule has 0 aromatic heterocycles. The molecule has 6 heteroatoms. The van der Waals surface area contributed by atoms with Gasteiger partial charge in [0.1, 0.15) is 5.82 Å². The molecule has 2 aliphatic rings. The van der Waals surface area contributed by atoms with Gasteiger partial charge in [-0.25, -0.2) is 4.39 Å². The Hall–Kier alpha value is -1.66. The van der Waals surface area contributed by atoms with Crippen LogP contribution in [-0.4, -0.2) is 56.3 Å². The summed E-state index contributed by atoms with van der Waals surface area (Å²) in [6.45, 7) is 3.43. The summed E-state index contributed by atoms with van der Waals surface area (Å²) < 4.78 is 19.5. The fourth-order valence-corrected chi connectivity index (χ4v) is 3.74. The number of rotatable bonds is 6. The predicted molar refractivity (Wildman–Crippen MR) is 98.2 cm³/mol. The monoisotopic (exact) mass is 348 g/mol. The number of benzene rings is 1. The van der Waals surface area contributed by atoms with E-state index in [1.54, 1.807) is 12.1 Å². The number of nitrogens with one attached hydrogen (secondary N) is 2. The Bertz CT molecular complexity index is 607. The van der Waals surface area contributed by atoms with Gasteiger partial charge in [0, 0.05) is 6.54 Å². The molecule has 2 aliphatic heterocycles. The van der Waals surface area contributed by atoms with Gasteiger partial charge in [-0.15, -0.1) is 0 Å². The molecule has 138 valence electrons. The molecule has 0 aliphatic carbocycles. The highest BCUT2D eigenvalue weighted by Crippen LogP contribution is 2.34. The van der Waals surface area contributed by atoms with Crippen LogP contribution in [0.3, 0.4) is 0 Å². The highest BCUT2D eigenvalue weighted by molar-refractivity contribution is 5.80. The van der Waals surface area contributed by atoms with Crippen LogP contribution in [0.15, 0.2) is 29.3 Å². The number of aliphatic imine (C=N–C) groups is 1. The first-order valence-corrected chi connectivity index (χ1v) is 9.19. The van der Waals surface area contributed by atoms with Crippen molar-refractivity contribution in [1.29, 1.82) is 0 Å². The van der Waals surface area contributed by atoms with Gasteiger partial charge in [0.25, 0.3) is 0 Å². The Kier molecular flexibility index (Phi) is 5.91. The first-order valence-electron chi connectivity index (χ1n) is 9.19. The van der Waals surface area contributed by atoms with Crippen LogP contribution in [0.5, 0.6) is 0 Å². The van der Waals surface area contributed by atoms with E-state index in [9.17, 15) is 4.39 Å². The van der Waals surface area contributed by atoms with Crippen molar-refractivity contribution in [2.75, 3.05) is 27.2 Å². The first-order chi connectivity index (χ1) is 12.1. The molecule has 3 rings (SSSR count). The van der Waals surface area contributed by atoms with Crippen molar-refractivity contribution in [2.24, 2.45) is 4.99 Å². The summed E-state index contributed by atoms with van der Waals surface area (Å²) in [7, 11) is 3.99. The van der Waals surface area contributed by atoms with Crippen LogP contribution in [0, 0.1) is 5.82 Å². The van der Waals surface area contributed by atoms with E-state index in [2.05, 4.69) is 22.5 Å². The number of guanidine groups is 1. The van der Waals surface area contributed by atoms with Crippen molar-refractivity contribution in [1.82, 2.24) is 15.5 Å². The number of ether oxygens (including phenoxy) is 1. The zero-order valence-corrected chi connectivity index (χ0v) is 15.3. The van der Waals surface area contributed by atoms with Gasteiger partial charge >= 0.3 is 0 Å². The standard InChI is InChI=1S/C19H29FN4O/c1-4-21-19(23-16-11-15-8-9-18(16)25-15)22-12-17(24(2)3)13-6-5-7-14(20)10-13/h5-7,10,15-18H,4,8-9,11-12H2,1-3H3,(H2,21,22,23). The van der Waals surface area contributed by atoms with Gasteiger partial charge in [-0.2, -0.15) is 0 Å². The topological polar surface area (TPSA) is 48.9 Å². The number of hydrogen-bond acceptors (Lipinski definition) is 3. The van der Waals surface area contributed by atoms with Crippen LogP contribution >= 0.6 is 0 Å². The summed E-state index contributed by atoms with van der Waals surface area (Å²) in [6, 6.07) is 7.13. The molecular weight excluding hydrogens is 319 g/mol. The lowest BCUT2D eigenvalue weighted by atomic mass is 9.96. The minimum atomic E-state index is -0.211. The smallest absolute Gasteiger partial charge is 0.191 e. The van der Waals surface area contributed by atoms with E-state index in [1.165, 1.54) is 12.5 Å². The van der Waals surface area contributed by atoms with Crippen LogP contribution in [0.2, 0.25) is 0 Å². The van der Waals surface area contributed by atoms with E-state index >= 15 is 0 Å². The molecule has 4 unspecified atom stereocenters. The summed E-state index contributed by atoms with van der Waals surface area (Å²) in [5.41, 5.74) is 0.938. The van der Waals surface area contributed by atoms with Gasteiger partial charge in [-0.3, -0.25) is 4.99 Å². The second-order valence-electron chi connectivity index (χ2n) is 7.11. The van der Waals surface area contributed by atoms with E-state index in [0.717, 1.165) is 30.9 Å². The van der Waals surface area contributed by atoms with Crippen LogP contribution in [-0.2, 0) is 4.74 Å². The maximum absolute atomic E-state index is 13.6. The van der Waals surface area contributed by atoms with E-state index in [-0.39, 0.29) is 11.9 Å². The fraction of sp³-hybridized carbons (Fsp3) is 0.632. The minimum Gasteiger partial charge on any atom is -0.373 e. The third-order valence-corrected chi connectivity index (χ3v) is 5.05. The van der Waals surface area contributed by atoms with Crippen LogP contribution in [0.1, 0.15) is 37.8 Å². The predicted octanol–water partition coefficient (Wildman–Crippen LogP) is 2.30. The zero-order chi connectivity index (χ0) is 17.8. The maximum Gasteiger partial charge on any atom is 0.191 e. The fourth-order valence-electron chi connectivity index (χ4n) is 3.74. The molecule has 0 amide bonds. The average Bonchev–Trinajstić information content (AvgIpc) is 3.18. The maximum atomic E-state index is 13.6. The second-order valence-corrected chi connectivity index (χ2v) is 7.11. The first kappa shape index (κ1) is 18.1. The molecule has 2 bridgehead atoms. The van der Waals surface area contributed by atoms with Gasteiger partial charge in [0.05, 0.1) is 30.8 Å². The molecule has 0 spiro atoms. The molecule has 25 heavy (non-hydrogen) atoms. The lowest BCUT2D eigenvalue weighted by molar-refractivity contribution is 0.0992. The van der Waals surface area contributed by atoms with Crippen molar-refractivity contribution in [3.05, 3.63) is 35.6 Å². The van der Waals surface area contributed by atoms with Crippen molar-refractivity contribution in [2.45, 2.75) is 50.5 Å². The lowest BCUT2D eigenvalue weighted by Crippen LogP contribution is -2.47. The molecular formula is C19H29FN4O. The Morgan fingerprint density at radius 3 is 2.84 bits per heavy atom. The highest BCUT2D eigenvalue weighted by Gasteiger charge is 2.41. The SMILES string of the molecule is CCNC(=NCC(c1cccc(F)c1)N(C)C)NC1CC2CCC1O2. The highest BCUT2D eigenvalue weighted by atomic mass is 19.1. The Morgan fingerprint density at radius 2 is 2.24 bits per heavy atom. The second kappa shape index (κ2) is 8.15. The summed E-state index contributed by atoms with van der Waals surface area (Å²) >= 11 is 0. The molecule has 0 saturated carbocycles. The summed E-state index contributed by atoms with van der Waals surface area (Å²) in [6.07, 6.45) is 4.08. The van der Waals surface area contributed by atoms with Gasteiger partial charge in [0.2, 0.25) is 0 Å². The number of hydrogen-bond donors (Lipinski definition) is 2. The van der Waals surface area contributed by atoms with Crippen molar-refractivity contribution in [3.63, 3.8) is 0 Å². The summed E-state index contributed by atoms with van der Waals surface area (Å²) in [5.74, 6) is 0.601. The van der Waals surface area contributed by atoms with Crippen LogP contribution in [0.25, 0.3) is 0 Å². The lowest BCUT2D eigenvalue weighted by Gasteiger charge is -2.25. The Morgan fingerprint density at radius 1 is 1.40 bits per heavy atom. The van der Waals surface area contributed by atoms with Crippen molar-refractivity contribution in [3.8, 4) is 0 Å². The zero-order valence-electron chi connectivity index (χ0n) is 15.3. The van der Waals surface area contributed by atoms with Crippen molar-refractivity contribution < 1.29 is 9.13 Å². The number of likely N-dealkylation sites (N-methyl/N-ethyl adjacent to an activating group) is 1. The summed E-state index contributed by atoms with van der Waals surface area (Å²) in [4.78, 5) is 6.83. The van der Waals surface area contributed by atoms with Gasteiger partial charge < -0.3 is 20.3 Å². The molecule has 2 N–H and O–H groups in total. The van der Waals surface area contributed by atoms with E-state index in [0.29, 0.717) is 24.8 Å². The van der Waals surface area contributed by atoms with Crippen LogP contribution < -0.4 is 10.6 Å². The molecule has 4 atom stereocenters. The molecule has 1 aromatic rings. The number of nitrogens with zero attached hydrogens (tertiary/aromatic N) is 2. The van der Waals surface area contributed by atoms with E-state index in [4.69, 9.17) is 9.73 Å². The molecule has 2 fully saturated rings. The third-order valence-electron chi connectivity index (χ3n) is 5.05. The molecule has 2 heterocycles. The Labute approximate surface area is 149 Å². The average molecular weight is 348 g/mol. The van der Waals surface area contributed by atoms with Crippen molar-refractivity contribution >= 4 is 5.96 Å². The molecule has 1 aromatic carbocycles. The largest absolute Gasteiger partial charge is 0.373 e. The Balaban J connectivity index is 1.68. The van der Waals surface area contributed by atoms with Gasteiger partial charge in [-0.05, 0) is 58.0 Å². The molecule has 2 saturated heterocycles. The van der Waals surface area contributed by atoms with Crippen LogP contribution in [0.4, 0.5) is 4.39 Å². The number of fused-ring (bicyclic) bond motifs is 2. The normalized spacial score (nSPS) is 26.9. The number of halogens is 1. The van der Waals surface area contributed by atoms with Gasteiger partial charge in [-0.1, -0.05) is 12.1 Å². The molecule has 0 radical (unpaired) electrons. The van der Waals surface area contributed by atoms with E-state index < -0.39 is 0 Å².